The van der Waals surface area contributed by atoms with Crippen LogP contribution in [0.1, 0.15) is 45.5 Å². The molecule has 1 aromatic heterocycles. The number of nitrogens with one attached hydrogen (secondary N) is 1. The van der Waals surface area contributed by atoms with Gasteiger partial charge in [-0.3, -0.25) is 9.59 Å². The van der Waals surface area contributed by atoms with Crippen LogP contribution in [0.15, 0.2) is 65.3 Å². The first-order chi connectivity index (χ1) is 16.4. The Kier molecular flexibility index (Phi) is 7.29. The molecule has 0 bridgehead atoms. The van der Waals surface area contributed by atoms with Crippen molar-refractivity contribution in [3.05, 3.63) is 81.3 Å². The Morgan fingerprint density at radius 1 is 1.12 bits per heavy atom. The van der Waals surface area contributed by atoms with Crippen LogP contribution in [0.5, 0.6) is 0 Å². The van der Waals surface area contributed by atoms with Gasteiger partial charge in [0.05, 0.1) is 19.3 Å². The van der Waals surface area contributed by atoms with E-state index in [1.54, 1.807) is 35.6 Å². The van der Waals surface area contributed by atoms with E-state index in [2.05, 4.69) is 11.9 Å². The zero-order chi connectivity index (χ0) is 24.2. The quantitative estimate of drug-likeness (QED) is 0.473. The first-order valence-electron chi connectivity index (χ1n) is 11.0. The molecule has 2 heterocycles. The number of benzene rings is 1. The van der Waals surface area contributed by atoms with E-state index in [1.807, 2.05) is 17.5 Å². The molecule has 3 unspecified atom stereocenters. The van der Waals surface area contributed by atoms with Crippen LogP contribution in [-0.2, 0) is 23.8 Å². The van der Waals surface area contributed by atoms with Gasteiger partial charge < -0.3 is 19.5 Å². The van der Waals surface area contributed by atoms with E-state index in [4.69, 9.17) is 14.2 Å². The molecule has 0 saturated carbocycles. The molecule has 7 nitrogen and oxygen atoms in total. The van der Waals surface area contributed by atoms with E-state index < -0.39 is 23.8 Å². The number of hydrogen-bond donors (Lipinski definition) is 1. The maximum Gasteiger partial charge on any atom is 0.337 e. The third kappa shape index (κ3) is 4.69. The summed E-state index contributed by atoms with van der Waals surface area (Å²) in [5.74, 6) is -2.21. The average molecular weight is 482 g/mol. The van der Waals surface area contributed by atoms with Gasteiger partial charge in [0, 0.05) is 47.2 Å². The molecule has 2 aromatic rings. The second-order valence-corrected chi connectivity index (χ2v) is 9.29. The van der Waals surface area contributed by atoms with Crippen LogP contribution >= 0.6 is 11.3 Å². The topological polar surface area (TPSA) is 90.9 Å². The second kappa shape index (κ2) is 10.4. The number of rotatable bonds is 7. The zero-order valence-electron chi connectivity index (χ0n) is 19.2. The number of Topliss-reactive ketones (excluding diaryl/α,β-unsaturated/α-hetero) is 1. The SMILES string of the molecule is C=C1NC2=C(C(=O)CC(c3cccs3)C2)C(c2ccc(C(=O)OC)cc2)C1C(=O)OCCOC. The molecule has 1 aliphatic carbocycles. The number of ketones is 1. The fraction of sp³-hybridized carbons (Fsp3) is 0.346. The van der Waals surface area contributed by atoms with Gasteiger partial charge >= 0.3 is 11.9 Å². The highest BCUT2D eigenvalue weighted by atomic mass is 32.1. The normalized spacial score (nSPS) is 22.1. The lowest BCUT2D eigenvalue weighted by molar-refractivity contribution is -0.149. The number of allylic oxidation sites excluding steroid dienone is 2. The highest BCUT2D eigenvalue weighted by Crippen LogP contribution is 2.47. The van der Waals surface area contributed by atoms with E-state index in [0.29, 0.717) is 29.7 Å². The molecule has 2 aliphatic rings. The second-order valence-electron chi connectivity index (χ2n) is 8.32. The number of hydrogen-bond acceptors (Lipinski definition) is 8. The van der Waals surface area contributed by atoms with Crippen LogP contribution < -0.4 is 5.32 Å². The molecule has 1 N–H and O–H groups in total. The molecule has 1 aliphatic heterocycles. The fourth-order valence-corrected chi connectivity index (χ4v) is 5.50. The Balaban J connectivity index is 1.74. The zero-order valence-corrected chi connectivity index (χ0v) is 20.0. The largest absolute Gasteiger partial charge is 0.465 e. The van der Waals surface area contributed by atoms with E-state index in [1.165, 1.54) is 14.2 Å². The maximum absolute atomic E-state index is 13.5. The van der Waals surface area contributed by atoms with Crippen LogP contribution in [0.25, 0.3) is 0 Å². The molecule has 0 amide bonds. The minimum Gasteiger partial charge on any atom is -0.465 e. The minimum atomic E-state index is -0.790. The van der Waals surface area contributed by atoms with Gasteiger partial charge in [0.15, 0.2) is 5.78 Å². The van der Waals surface area contributed by atoms with Crippen LogP contribution in [0, 0.1) is 5.92 Å². The summed E-state index contributed by atoms with van der Waals surface area (Å²) in [4.78, 5) is 39.7. The van der Waals surface area contributed by atoms with Crippen molar-refractivity contribution in [1.29, 1.82) is 0 Å². The lowest BCUT2D eigenvalue weighted by Crippen LogP contribution is -2.42. The third-order valence-corrected chi connectivity index (χ3v) is 7.30. The van der Waals surface area contributed by atoms with Crippen molar-refractivity contribution >= 4 is 29.1 Å². The molecular formula is C26H27NO6S. The monoisotopic (exact) mass is 481 g/mol. The lowest BCUT2D eigenvalue weighted by atomic mass is 9.69. The van der Waals surface area contributed by atoms with Crippen LogP contribution in [0.4, 0.5) is 0 Å². The Bertz CT molecular complexity index is 1120. The van der Waals surface area contributed by atoms with Gasteiger partial charge in [-0.15, -0.1) is 11.3 Å². The molecule has 8 heteroatoms. The number of carbonyl (C=O) groups is 3. The maximum atomic E-state index is 13.5. The van der Waals surface area contributed by atoms with Crippen LogP contribution in [-0.4, -0.2) is 45.2 Å². The standard InChI is InChI=1S/C26H27NO6S/c1-15-22(26(30)33-11-10-31-2)23(16-6-8-17(9-7-16)25(29)32-3)24-19(27-15)13-18(14-20(24)28)21-5-4-12-34-21/h4-9,12,18,22-23,27H,1,10-11,13-14H2,2-3H3. The molecule has 178 valence electrons. The highest BCUT2D eigenvalue weighted by Gasteiger charge is 2.45. The van der Waals surface area contributed by atoms with Crippen LogP contribution in [0.3, 0.4) is 0 Å². The first-order valence-corrected chi connectivity index (χ1v) is 11.9. The average Bonchev–Trinajstić information content (AvgIpc) is 3.38. The summed E-state index contributed by atoms with van der Waals surface area (Å²) in [7, 11) is 2.85. The number of esters is 2. The summed E-state index contributed by atoms with van der Waals surface area (Å²) < 4.78 is 15.2. The number of carbonyl (C=O) groups excluding carboxylic acids is 3. The van der Waals surface area contributed by atoms with E-state index >= 15 is 0 Å². The number of ether oxygens (including phenoxy) is 3. The Morgan fingerprint density at radius 3 is 2.53 bits per heavy atom. The summed E-state index contributed by atoms with van der Waals surface area (Å²) in [6.07, 6.45) is 1.03. The molecule has 34 heavy (non-hydrogen) atoms. The van der Waals surface area contributed by atoms with E-state index in [0.717, 1.165) is 16.1 Å². The van der Waals surface area contributed by atoms with Crippen molar-refractivity contribution in [2.24, 2.45) is 5.92 Å². The lowest BCUT2D eigenvalue weighted by Gasteiger charge is -2.39. The predicted octanol–water partition coefficient (Wildman–Crippen LogP) is 3.94. The minimum absolute atomic E-state index is 0.00335. The van der Waals surface area contributed by atoms with E-state index in [9.17, 15) is 14.4 Å². The molecule has 0 saturated heterocycles. The third-order valence-electron chi connectivity index (χ3n) is 6.26. The Labute approximate surface area is 202 Å². The Hall–Kier alpha value is -3.23. The summed E-state index contributed by atoms with van der Waals surface area (Å²) in [5.41, 5.74) is 2.99. The predicted molar refractivity (Wildman–Crippen MR) is 127 cm³/mol. The molecular weight excluding hydrogens is 454 g/mol. The summed E-state index contributed by atoms with van der Waals surface area (Å²) in [6.45, 7) is 4.50. The molecule has 0 radical (unpaired) electrons. The van der Waals surface area contributed by atoms with Gasteiger partial charge in [-0.2, -0.15) is 0 Å². The van der Waals surface area contributed by atoms with E-state index in [-0.39, 0.29) is 24.9 Å². The molecule has 0 fully saturated rings. The van der Waals surface area contributed by atoms with Crippen molar-refractivity contribution in [2.75, 3.05) is 27.4 Å². The van der Waals surface area contributed by atoms with Gasteiger partial charge in [-0.25, -0.2) is 4.79 Å². The molecule has 3 atom stereocenters. The molecule has 1 aromatic carbocycles. The van der Waals surface area contributed by atoms with Crippen LogP contribution in [0.2, 0.25) is 0 Å². The smallest absolute Gasteiger partial charge is 0.337 e. The van der Waals surface area contributed by atoms with Gasteiger partial charge in [-0.1, -0.05) is 24.8 Å². The number of methoxy groups -OCH3 is 2. The van der Waals surface area contributed by atoms with Gasteiger partial charge in [0.2, 0.25) is 0 Å². The summed E-state index contributed by atoms with van der Waals surface area (Å²) in [5, 5.41) is 5.27. The van der Waals surface area contributed by atoms with Crippen molar-refractivity contribution in [3.63, 3.8) is 0 Å². The van der Waals surface area contributed by atoms with Gasteiger partial charge in [0.25, 0.3) is 0 Å². The number of thiophene rings is 1. The van der Waals surface area contributed by atoms with Crippen molar-refractivity contribution in [2.45, 2.75) is 24.7 Å². The molecule has 4 rings (SSSR count). The van der Waals surface area contributed by atoms with Crippen molar-refractivity contribution in [3.8, 4) is 0 Å². The summed E-state index contributed by atoms with van der Waals surface area (Å²) in [6, 6.07) is 10.8. The van der Waals surface area contributed by atoms with Crippen molar-refractivity contribution < 1.29 is 28.6 Å². The first kappa shape index (κ1) is 23.9. The fourth-order valence-electron chi connectivity index (χ4n) is 4.67. The van der Waals surface area contributed by atoms with Crippen molar-refractivity contribution in [1.82, 2.24) is 5.32 Å². The summed E-state index contributed by atoms with van der Waals surface area (Å²) >= 11 is 1.64. The molecule has 0 spiro atoms. The Morgan fingerprint density at radius 2 is 1.88 bits per heavy atom. The van der Waals surface area contributed by atoms with Gasteiger partial charge in [0.1, 0.15) is 12.5 Å². The highest BCUT2D eigenvalue weighted by molar-refractivity contribution is 7.10. The van der Waals surface area contributed by atoms with Gasteiger partial charge in [-0.05, 0) is 35.6 Å².